The zero-order valence-electron chi connectivity index (χ0n) is 24.5. The number of hydrogen-bond donors (Lipinski definition) is 0. The van der Waals surface area contributed by atoms with Crippen molar-refractivity contribution < 1.29 is 17.9 Å². The molecule has 0 saturated heterocycles. The van der Waals surface area contributed by atoms with E-state index in [1.165, 1.54) is 44.5 Å². The summed E-state index contributed by atoms with van der Waals surface area (Å²) in [5.41, 5.74) is 11.2. The second-order valence-corrected chi connectivity index (χ2v) is 41.4. The summed E-state index contributed by atoms with van der Waals surface area (Å²) in [5.74, 6) is 0. The molecule has 0 spiro atoms. The summed E-state index contributed by atoms with van der Waals surface area (Å²) in [4.78, 5) is 0. The SMILES string of the molecule is C[C]1([Zr]([SiH3])([c]2ccccc2)([c]2ccccc2)[C]2(C)C=CC=C3C2=Cc2ccccc23)C=CC=C2C1=Cc1ccccc12. The van der Waals surface area contributed by atoms with E-state index in [1.807, 2.05) is 0 Å². The van der Waals surface area contributed by atoms with Gasteiger partial charge in [0, 0.05) is 0 Å². The average Bonchev–Trinajstić information content (AvgIpc) is 3.62. The summed E-state index contributed by atoms with van der Waals surface area (Å²) in [6.07, 6.45) is 19.8. The van der Waals surface area contributed by atoms with Crippen molar-refractivity contribution in [3.05, 3.63) is 179 Å². The van der Waals surface area contributed by atoms with Crippen LogP contribution in [-0.4, -0.2) is 7.37 Å². The summed E-state index contributed by atoms with van der Waals surface area (Å²) >= 11 is -4.67. The van der Waals surface area contributed by atoms with Crippen molar-refractivity contribution in [2.75, 3.05) is 0 Å². The van der Waals surface area contributed by atoms with Gasteiger partial charge in [-0.15, -0.1) is 0 Å². The van der Waals surface area contributed by atoms with Gasteiger partial charge in [-0.1, -0.05) is 0 Å². The zero-order chi connectivity index (χ0) is 28.6. The van der Waals surface area contributed by atoms with Crippen LogP contribution in [0.25, 0.3) is 23.3 Å². The Labute approximate surface area is 252 Å². The number of allylic oxidation sites excluding steroid dienone is 10. The van der Waals surface area contributed by atoms with Gasteiger partial charge in [-0.25, -0.2) is 0 Å². The van der Waals surface area contributed by atoms with Crippen LogP contribution in [0.4, 0.5) is 0 Å². The van der Waals surface area contributed by atoms with Gasteiger partial charge in [-0.05, 0) is 0 Å². The molecule has 8 rings (SSSR count). The van der Waals surface area contributed by atoms with Gasteiger partial charge in [0.05, 0.1) is 0 Å². The molecule has 0 N–H and O–H groups in total. The first-order chi connectivity index (χ1) is 20.4. The van der Waals surface area contributed by atoms with E-state index in [-0.39, 0.29) is 6.25 Å². The average molecular weight is 635 g/mol. The predicted octanol–water partition coefficient (Wildman–Crippen LogP) is 8.07. The Morgan fingerprint density at radius 2 is 0.881 bits per heavy atom. The molecule has 4 aromatic rings. The van der Waals surface area contributed by atoms with Crippen molar-refractivity contribution in [3.8, 4) is 0 Å². The van der Waals surface area contributed by atoms with Crippen LogP contribution in [0.1, 0.15) is 36.1 Å². The molecule has 2 atom stereocenters. The normalized spacial score (nSPS) is 24.3. The Morgan fingerprint density at radius 3 is 1.31 bits per heavy atom. The molecule has 0 fully saturated rings. The molecule has 0 amide bonds. The molecular weight excluding hydrogens is 600 g/mol. The first-order valence-corrected chi connectivity index (χ1v) is 28.4. The zero-order valence-corrected chi connectivity index (χ0v) is 29.0. The van der Waals surface area contributed by atoms with Gasteiger partial charge >= 0.3 is 254 Å². The molecule has 0 bridgehead atoms. The molecule has 0 saturated carbocycles. The van der Waals surface area contributed by atoms with Crippen molar-refractivity contribution in [2.45, 2.75) is 20.1 Å². The van der Waals surface area contributed by atoms with Crippen LogP contribution in [0, 0.1) is 0 Å². The minimum absolute atomic E-state index is 0.170. The molecule has 2 unspecified atom stereocenters. The molecule has 0 aliphatic heterocycles. The van der Waals surface area contributed by atoms with Crippen LogP contribution < -0.4 is 6.54 Å². The summed E-state index contributed by atoms with van der Waals surface area (Å²) in [6, 6.07) is 41.5. The van der Waals surface area contributed by atoms with Crippen molar-refractivity contribution in [2.24, 2.45) is 0 Å². The Kier molecular flexibility index (Phi) is 5.56. The van der Waals surface area contributed by atoms with Gasteiger partial charge in [-0.3, -0.25) is 0 Å². The van der Waals surface area contributed by atoms with E-state index in [0.29, 0.717) is 0 Å². The second kappa shape index (κ2) is 8.96. The molecule has 4 aromatic carbocycles. The Bertz CT molecular complexity index is 1830. The molecule has 2 heteroatoms. The van der Waals surface area contributed by atoms with Crippen LogP contribution in [0.3, 0.4) is 0 Å². The first kappa shape index (κ1) is 26.1. The summed E-state index contributed by atoms with van der Waals surface area (Å²) in [5, 5.41) is 0. The van der Waals surface area contributed by atoms with Crippen LogP contribution in [-0.2, 0) is 17.9 Å². The van der Waals surface area contributed by atoms with Crippen LogP contribution >= 0.6 is 0 Å². The molecule has 42 heavy (non-hydrogen) atoms. The van der Waals surface area contributed by atoms with Crippen molar-refractivity contribution >= 4 is 37.2 Å². The van der Waals surface area contributed by atoms with E-state index in [4.69, 9.17) is 0 Å². The monoisotopic (exact) mass is 633 g/mol. The van der Waals surface area contributed by atoms with Crippen LogP contribution in [0.2, 0.25) is 6.25 Å². The van der Waals surface area contributed by atoms with Gasteiger partial charge in [0.1, 0.15) is 0 Å². The molecule has 4 aliphatic rings. The fourth-order valence-corrected chi connectivity index (χ4v) is 39.6. The van der Waals surface area contributed by atoms with Crippen molar-refractivity contribution in [1.29, 1.82) is 0 Å². The summed E-state index contributed by atoms with van der Waals surface area (Å²) in [7, 11) is 1.05. The van der Waals surface area contributed by atoms with E-state index in [1.54, 1.807) is 6.54 Å². The fourth-order valence-electron chi connectivity index (χ4n) is 9.27. The van der Waals surface area contributed by atoms with E-state index in [0.717, 1.165) is 7.37 Å². The third-order valence-electron chi connectivity index (χ3n) is 11.8. The first-order valence-electron chi connectivity index (χ1n) is 15.1. The van der Waals surface area contributed by atoms with Crippen molar-refractivity contribution in [1.82, 2.24) is 0 Å². The number of rotatable bonds is 4. The van der Waals surface area contributed by atoms with Gasteiger partial charge < -0.3 is 0 Å². The van der Waals surface area contributed by atoms with E-state index in [2.05, 4.69) is 172 Å². The Hall–Kier alpha value is -3.58. The van der Waals surface area contributed by atoms with Gasteiger partial charge in [0.15, 0.2) is 0 Å². The van der Waals surface area contributed by atoms with Gasteiger partial charge in [0.2, 0.25) is 0 Å². The third kappa shape index (κ3) is 2.95. The molecule has 0 radical (unpaired) electrons. The van der Waals surface area contributed by atoms with Crippen molar-refractivity contribution in [3.63, 3.8) is 0 Å². The molecule has 203 valence electrons. The topological polar surface area (TPSA) is 0 Å². The minimum atomic E-state index is -4.67. The Morgan fingerprint density at radius 1 is 0.500 bits per heavy atom. The predicted molar refractivity (Wildman–Crippen MR) is 182 cm³/mol. The van der Waals surface area contributed by atoms with Gasteiger partial charge in [0.25, 0.3) is 0 Å². The fraction of sp³-hybridized carbons (Fsp3) is 0.100. The molecule has 0 aromatic heterocycles. The molecular formula is C40H35SiZr. The number of benzene rings is 4. The maximum absolute atomic E-state index is 4.67. The quantitative estimate of drug-likeness (QED) is 0.199. The summed E-state index contributed by atoms with van der Waals surface area (Å²) in [6.45, 7) is 5.23. The number of fused-ring (bicyclic) bond motifs is 6. The van der Waals surface area contributed by atoms with Crippen LogP contribution in [0.5, 0.6) is 0 Å². The summed E-state index contributed by atoms with van der Waals surface area (Å²) < 4.78 is 2.81. The van der Waals surface area contributed by atoms with E-state index >= 15 is 0 Å². The molecule has 4 aliphatic carbocycles. The van der Waals surface area contributed by atoms with Gasteiger partial charge in [-0.2, -0.15) is 0 Å². The molecule has 0 heterocycles. The maximum atomic E-state index is 2.62. The molecule has 0 nitrogen and oxygen atoms in total. The van der Waals surface area contributed by atoms with E-state index in [9.17, 15) is 0 Å². The number of hydrogen-bond acceptors (Lipinski definition) is 0. The second-order valence-electron chi connectivity index (χ2n) is 13.1. The van der Waals surface area contributed by atoms with E-state index < -0.39 is 17.9 Å². The standard InChI is InChI=1S/2C14H11.2C6H5.H3Si.Zr/c2*1-10-5-4-8-13-12-7-3-2-6-11(12)9-14(10)13;2*1-2-4-6-5-3-1;;/h2*2-9H,1H3;2*1-5H;1H3;. The third-order valence-corrected chi connectivity index (χ3v) is 54.5. The van der Waals surface area contributed by atoms with Crippen LogP contribution in [0.15, 0.2) is 157 Å². The Balaban J connectivity index is 1.54.